The maximum atomic E-state index is 12.0. The Morgan fingerprint density at radius 2 is 1.54 bits per heavy atom. The fraction of sp³-hybridized carbons (Fsp3) is 0.500. The van der Waals surface area contributed by atoms with Crippen molar-refractivity contribution in [1.29, 1.82) is 0 Å². The standard InChI is InChI=1S/C20H28O4/c1-4-5-6-7-8-9-13-23-19(21)17-11-10-12-18(14-17)20(22)24-15-16(2)3/h10-12,14H,2,4-9,13,15H2,1,3H3. The summed E-state index contributed by atoms with van der Waals surface area (Å²) < 4.78 is 10.3. The smallest absolute Gasteiger partial charge is 0.338 e. The summed E-state index contributed by atoms with van der Waals surface area (Å²) in [6.07, 6.45) is 6.83. The lowest BCUT2D eigenvalue weighted by atomic mass is 10.1. The van der Waals surface area contributed by atoms with Crippen molar-refractivity contribution in [3.05, 3.63) is 47.5 Å². The average molecular weight is 332 g/mol. The highest BCUT2D eigenvalue weighted by atomic mass is 16.5. The van der Waals surface area contributed by atoms with Gasteiger partial charge in [-0.15, -0.1) is 0 Å². The second-order valence-corrected chi connectivity index (χ2v) is 6.02. The monoisotopic (exact) mass is 332 g/mol. The van der Waals surface area contributed by atoms with Gasteiger partial charge in [-0.3, -0.25) is 0 Å². The van der Waals surface area contributed by atoms with Gasteiger partial charge in [0, 0.05) is 0 Å². The molecule has 0 aromatic heterocycles. The Morgan fingerprint density at radius 1 is 0.958 bits per heavy atom. The number of unbranched alkanes of at least 4 members (excludes halogenated alkanes) is 5. The van der Waals surface area contributed by atoms with Gasteiger partial charge >= 0.3 is 11.9 Å². The van der Waals surface area contributed by atoms with Gasteiger partial charge in [0.2, 0.25) is 0 Å². The van der Waals surface area contributed by atoms with Crippen LogP contribution in [0.25, 0.3) is 0 Å². The molecule has 0 bridgehead atoms. The van der Waals surface area contributed by atoms with E-state index in [4.69, 9.17) is 9.47 Å². The van der Waals surface area contributed by atoms with Crippen LogP contribution in [0, 0.1) is 0 Å². The fourth-order valence-electron chi connectivity index (χ4n) is 2.18. The van der Waals surface area contributed by atoms with Crippen LogP contribution in [0.2, 0.25) is 0 Å². The lowest BCUT2D eigenvalue weighted by Gasteiger charge is -2.07. The maximum absolute atomic E-state index is 12.0. The van der Waals surface area contributed by atoms with Crippen LogP contribution in [-0.2, 0) is 9.47 Å². The summed E-state index contributed by atoms with van der Waals surface area (Å²) in [6.45, 7) is 8.23. The zero-order chi connectivity index (χ0) is 17.8. The molecule has 1 aromatic carbocycles. The molecule has 0 saturated heterocycles. The van der Waals surface area contributed by atoms with Gasteiger partial charge in [0.15, 0.2) is 0 Å². The Bertz CT molecular complexity index is 548. The summed E-state index contributed by atoms with van der Waals surface area (Å²) in [5.74, 6) is -0.873. The van der Waals surface area contributed by atoms with Gasteiger partial charge in [-0.2, -0.15) is 0 Å². The molecule has 0 fully saturated rings. The summed E-state index contributed by atoms with van der Waals surface area (Å²) in [4.78, 5) is 23.9. The van der Waals surface area contributed by atoms with E-state index >= 15 is 0 Å². The van der Waals surface area contributed by atoms with Gasteiger partial charge in [0.05, 0.1) is 17.7 Å². The van der Waals surface area contributed by atoms with E-state index < -0.39 is 11.9 Å². The Balaban J connectivity index is 2.40. The summed E-state index contributed by atoms with van der Waals surface area (Å²) in [5, 5.41) is 0. The van der Waals surface area contributed by atoms with Crippen LogP contribution in [0.1, 0.15) is 73.1 Å². The van der Waals surface area contributed by atoms with Crippen molar-refractivity contribution < 1.29 is 19.1 Å². The molecule has 0 atom stereocenters. The highest BCUT2D eigenvalue weighted by Gasteiger charge is 2.12. The molecular formula is C20H28O4. The first kappa shape index (κ1) is 19.9. The van der Waals surface area contributed by atoms with Crippen LogP contribution in [-0.4, -0.2) is 25.2 Å². The van der Waals surface area contributed by atoms with Gasteiger partial charge in [-0.1, -0.05) is 51.7 Å². The van der Waals surface area contributed by atoms with E-state index in [1.54, 1.807) is 25.1 Å². The second-order valence-electron chi connectivity index (χ2n) is 6.02. The number of benzene rings is 1. The minimum absolute atomic E-state index is 0.172. The summed E-state index contributed by atoms with van der Waals surface area (Å²) >= 11 is 0. The molecule has 1 rings (SSSR count). The summed E-state index contributed by atoms with van der Waals surface area (Å²) in [7, 11) is 0. The van der Waals surface area contributed by atoms with Crippen molar-refractivity contribution in [2.45, 2.75) is 52.4 Å². The first-order chi connectivity index (χ1) is 11.5. The zero-order valence-corrected chi connectivity index (χ0v) is 14.8. The van der Waals surface area contributed by atoms with Crippen LogP contribution >= 0.6 is 0 Å². The molecule has 0 spiro atoms. The number of hydrogen-bond donors (Lipinski definition) is 0. The molecule has 0 saturated carbocycles. The SMILES string of the molecule is C=C(C)COC(=O)c1cccc(C(=O)OCCCCCCCC)c1. The van der Waals surface area contributed by atoms with Crippen LogP contribution in [0.15, 0.2) is 36.4 Å². The lowest BCUT2D eigenvalue weighted by molar-refractivity contribution is 0.0497. The Hall–Kier alpha value is -2.10. The topological polar surface area (TPSA) is 52.6 Å². The third-order valence-electron chi connectivity index (χ3n) is 3.51. The molecule has 4 heteroatoms. The van der Waals surface area contributed by atoms with Gasteiger partial charge < -0.3 is 9.47 Å². The second kappa shape index (κ2) is 11.4. The van der Waals surface area contributed by atoms with Crippen molar-refractivity contribution in [1.82, 2.24) is 0 Å². The van der Waals surface area contributed by atoms with Crippen molar-refractivity contribution in [2.75, 3.05) is 13.2 Å². The van der Waals surface area contributed by atoms with Gasteiger partial charge in [-0.25, -0.2) is 9.59 Å². The Kier molecular flexibility index (Phi) is 9.51. The average Bonchev–Trinajstić information content (AvgIpc) is 2.58. The number of esters is 2. The van der Waals surface area contributed by atoms with Crippen molar-refractivity contribution in [3.8, 4) is 0 Å². The third-order valence-corrected chi connectivity index (χ3v) is 3.51. The van der Waals surface area contributed by atoms with E-state index in [0.717, 1.165) is 18.4 Å². The number of carbonyl (C=O) groups excluding carboxylic acids is 2. The first-order valence-electron chi connectivity index (χ1n) is 8.63. The molecule has 0 heterocycles. The largest absolute Gasteiger partial charge is 0.462 e. The number of rotatable bonds is 11. The molecular weight excluding hydrogens is 304 g/mol. The molecule has 1 aromatic rings. The van der Waals surface area contributed by atoms with E-state index in [9.17, 15) is 9.59 Å². The van der Waals surface area contributed by atoms with Crippen molar-refractivity contribution >= 4 is 11.9 Å². The minimum atomic E-state index is -0.469. The number of ether oxygens (including phenoxy) is 2. The molecule has 0 aliphatic rings. The Morgan fingerprint density at radius 3 is 2.17 bits per heavy atom. The van der Waals surface area contributed by atoms with Gasteiger partial charge in [-0.05, 0) is 37.1 Å². The van der Waals surface area contributed by atoms with Crippen LogP contribution in [0.5, 0.6) is 0 Å². The van der Waals surface area contributed by atoms with E-state index in [-0.39, 0.29) is 6.61 Å². The van der Waals surface area contributed by atoms with Gasteiger partial charge in [0.25, 0.3) is 0 Å². The Labute approximate surface area is 144 Å². The molecule has 0 aliphatic carbocycles. The summed E-state index contributed by atoms with van der Waals surface area (Å²) in [6, 6.07) is 6.41. The zero-order valence-electron chi connectivity index (χ0n) is 14.8. The number of hydrogen-bond acceptors (Lipinski definition) is 4. The van der Waals surface area contributed by atoms with Crippen LogP contribution in [0.3, 0.4) is 0 Å². The maximum Gasteiger partial charge on any atom is 0.338 e. The molecule has 4 nitrogen and oxygen atoms in total. The molecule has 0 amide bonds. The molecule has 0 radical (unpaired) electrons. The molecule has 24 heavy (non-hydrogen) atoms. The highest BCUT2D eigenvalue weighted by Crippen LogP contribution is 2.10. The van der Waals surface area contributed by atoms with E-state index in [1.807, 2.05) is 0 Å². The highest BCUT2D eigenvalue weighted by molar-refractivity contribution is 5.95. The predicted molar refractivity (Wildman–Crippen MR) is 95.2 cm³/mol. The van der Waals surface area contributed by atoms with Crippen LogP contribution in [0.4, 0.5) is 0 Å². The predicted octanol–water partition coefficient (Wildman–Crippen LogP) is 4.94. The van der Waals surface area contributed by atoms with Crippen molar-refractivity contribution in [2.24, 2.45) is 0 Å². The lowest BCUT2D eigenvalue weighted by Crippen LogP contribution is -2.10. The number of carbonyl (C=O) groups is 2. The summed E-state index contributed by atoms with van der Waals surface area (Å²) in [5.41, 5.74) is 1.47. The quantitative estimate of drug-likeness (QED) is 0.327. The molecule has 132 valence electrons. The molecule has 0 aliphatic heterocycles. The third kappa shape index (κ3) is 7.95. The van der Waals surface area contributed by atoms with Crippen molar-refractivity contribution in [3.63, 3.8) is 0 Å². The normalized spacial score (nSPS) is 10.2. The first-order valence-corrected chi connectivity index (χ1v) is 8.63. The van der Waals surface area contributed by atoms with E-state index in [1.165, 1.54) is 31.7 Å². The molecule has 0 unspecified atom stereocenters. The molecule has 0 N–H and O–H groups in total. The van der Waals surface area contributed by atoms with Crippen LogP contribution < -0.4 is 0 Å². The fourth-order valence-corrected chi connectivity index (χ4v) is 2.18. The van der Waals surface area contributed by atoms with E-state index in [2.05, 4.69) is 13.5 Å². The van der Waals surface area contributed by atoms with E-state index in [0.29, 0.717) is 17.7 Å². The minimum Gasteiger partial charge on any atom is -0.462 e. The van der Waals surface area contributed by atoms with Gasteiger partial charge in [0.1, 0.15) is 6.61 Å².